The fourth-order valence-corrected chi connectivity index (χ4v) is 2.02. The molecule has 0 atom stereocenters. The molecular formula is C15H16BrNO2. The Morgan fingerprint density at radius 1 is 1.32 bits per heavy atom. The molecule has 4 heteroatoms. The van der Waals surface area contributed by atoms with E-state index in [0.29, 0.717) is 13.1 Å². The van der Waals surface area contributed by atoms with Crippen molar-refractivity contribution < 1.29 is 9.90 Å². The summed E-state index contributed by atoms with van der Waals surface area (Å²) in [6, 6.07) is 5.71. The van der Waals surface area contributed by atoms with Crippen LogP contribution < -0.4 is 4.90 Å². The number of hydrogen-bond acceptors (Lipinski definition) is 2. The first-order valence-electron chi connectivity index (χ1n) is 5.75. The number of rotatable bonds is 7. The highest BCUT2D eigenvalue weighted by Crippen LogP contribution is 2.26. The summed E-state index contributed by atoms with van der Waals surface area (Å²) >= 11 is 3.43. The van der Waals surface area contributed by atoms with Gasteiger partial charge in [-0.05, 0) is 23.8 Å². The molecule has 0 amide bonds. The summed E-state index contributed by atoms with van der Waals surface area (Å²) < 4.78 is 0.938. The fourth-order valence-electron chi connectivity index (χ4n) is 1.68. The van der Waals surface area contributed by atoms with Crippen LogP contribution in [0.4, 0.5) is 5.69 Å². The minimum atomic E-state index is -0.965. The number of carbonyl (C=O) groups is 1. The van der Waals surface area contributed by atoms with Crippen LogP contribution in [0.1, 0.15) is 5.56 Å². The van der Waals surface area contributed by atoms with Crippen LogP contribution in [0.3, 0.4) is 0 Å². The second-order valence-corrected chi connectivity index (χ2v) is 4.77. The molecule has 0 aliphatic heterocycles. The van der Waals surface area contributed by atoms with E-state index >= 15 is 0 Å². The maximum atomic E-state index is 10.6. The quantitative estimate of drug-likeness (QED) is 0.614. The number of anilines is 1. The monoisotopic (exact) mass is 321 g/mol. The second kappa shape index (κ2) is 7.59. The summed E-state index contributed by atoms with van der Waals surface area (Å²) in [6.45, 7) is 8.80. The predicted molar refractivity (Wildman–Crippen MR) is 83.4 cm³/mol. The predicted octanol–water partition coefficient (Wildman–Crippen LogP) is 3.73. The van der Waals surface area contributed by atoms with Gasteiger partial charge in [-0.3, -0.25) is 0 Å². The topological polar surface area (TPSA) is 40.5 Å². The molecule has 0 aliphatic carbocycles. The molecule has 0 heterocycles. The molecule has 1 aromatic carbocycles. The van der Waals surface area contributed by atoms with Gasteiger partial charge in [0.1, 0.15) is 0 Å². The molecule has 0 spiro atoms. The lowest BCUT2D eigenvalue weighted by atomic mass is 10.1. The largest absolute Gasteiger partial charge is 0.478 e. The number of halogens is 1. The molecule has 3 nitrogen and oxygen atoms in total. The van der Waals surface area contributed by atoms with Gasteiger partial charge in [-0.15, -0.1) is 13.2 Å². The van der Waals surface area contributed by atoms with E-state index in [2.05, 4.69) is 34.0 Å². The van der Waals surface area contributed by atoms with E-state index in [9.17, 15) is 4.79 Å². The van der Waals surface area contributed by atoms with Gasteiger partial charge >= 0.3 is 5.97 Å². The van der Waals surface area contributed by atoms with Crippen LogP contribution in [0, 0.1) is 0 Å². The highest BCUT2D eigenvalue weighted by atomic mass is 79.9. The normalized spacial score (nSPS) is 10.4. The first-order chi connectivity index (χ1) is 9.08. The summed E-state index contributed by atoms with van der Waals surface area (Å²) in [5.74, 6) is -0.965. The van der Waals surface area contributed by atoms with Crippen LogP contribution in [-0.2, 0) is 4.79 Å². The van der Waals surface area contributed by atoms with Crippen molar-refractivity contribution in [3.8, 4) is 0 Å². The van der Waals surface area contributed by atoms with Gasteiger partial charge in [0.2, 0.25) is 0 Å². The third kappa shape index (κ3) is 4.75. The number of nitrogens with zero attached hydrogens (tertiary/aromatic N) is 1. The van der Waals surface area contributed by atoms with E-state index < -0.39 is 5.97 Å². The Morgan fingerprint density at radius 2 is 1.95 bits per heavy atom. The van der Waals surface area contributed by atoms with Crippen LogP contribution in [0.25, 0.3) is 6.08 Å². The van der Waals surface area contributed by atoms with E-state index in [-0.39, 0.29) is 0 Å². The summed E-state index contributed by atoms with van der Waals surface area (Å²) in [5, 5.41) is 8.72. The van der Waals surface area contributed by atoms with Crippen LogP contribution in [0.2, 0.25) is 0 Å². The minimum Gasteiger partial charge on any atom is -0.478 e. The summed E-state index contributed by atoms with van der Waals surface area (Å²) in [7, 11) is 0. The number of aliphatic carboxylic acids is 1. The van der Waals surface area contributed by atoms with Gasteiger partial charge in [0, 0.05) is 29.3 Å². The Kier molecular flexibility index (Phi) is 6.09. The molecule has 100 valence electrons. The van der Waals surface area contributed by atoms with Crippen molar-refractivity contribution in [1.29, 1.82) is 0 Å². The zero-order valence-corrected chi connectivity index (χ0v) is 12.1. The molecule has 0 aliphatic rings. The lowest BCUT2D eigenvalue weighted by Crippen LogP contribution is -2.23. The van der Waals surface area contributed by atoms with E-state index in [0.717, 1.165) is 21.8 Å². The van der Waals surface area contributed by atoms with Gasteiger partial charge in [0.15, 0.2) is 0 Å². The van der Waals surface area contributed by atoms with Gasteiger partial charge in [0.25, 0.3) is 0 Å². The smallest absolute Gasteiger partial charge is 0.328 e. The molecule has 19 heavy (non-hydrogen) atoms. The van der Waals surface area contributed by atoms with Crippen molar-refractivity contribution in [2.45, 2.75) is 0 Å². The number of carboxylic acid groups (broad SMARTS) is 1. The lowest BCUT2D eigenvalue weighted by molar-refractivity contribution is -0.131. The number of benzene rings is 1. The van der Waals surface area contributed by atoms with Crippen LogP contribution in [0.5, 0.6) is 0 Å². The minimum absolute atomic E-state index is 0.663. The molecule has 1 N–H and O–H groups in total. The molecule has 0 saturated carbocycles. The Labute approximate surface area is 121 Å². The molecule has 0 radical (unpaired) electrons. The Bertz CT molecular complexity index is 499. The first kappa shape index (κ1) is 15.2. The van der Waals surface area contributed by atoms with Crippen molar-refractivity contribution in [2.75, 3.05) is 18.0 Å². The Balaban J connectivity index is 3.20. The summed E-state index contributed by atoms with van der Waals surface area (Å²) in [4.78, 5) is 12.7. The van der Waals surface area contributed by atoms with Crippen LogP contribution in [-0.4, -0.2) is 24.2 Å². The van der Waals surface area contributed by atoms with Gasteiger partial charge in [-0.1, -0.05) is 34.1 Å². The average molecular weight is 322 g/mol. The van der Waals surface area contributed by atoms with Crippen molar-refractivity contribution in [2.24, 2.45) is 0 Å². The molecule has 0 unspecified atom stereocenters. The van der Waals surface area contributed by atoms with Gasteiger partial charge in [0.05, 0.1) is 0 Å². The van der Waals surface area contributed by atoms with Crippen molar-refractivity contribution in [3.63, 3.8) is 0 Å². The van der Waals surface area contributed by atoms with E-state index in [1.165, 1.54) is 0 Å². The molecule has 0 bridgehead atoms. The van der Waals surface area contributed by atoms with Crippen molar-refractivity contribution >= 4 is 33.7 Å². The zero-order chi connectivity index (χ0) is 14.3. The molecule has 1 aromatic rings. The zero-order valence-electron chi connectivity index (χ0n) is 10.6. The third-order valence-corrected chi connectivity index (χ3v) is 2.93. The SMILES string of the molecule is C=CCN(CC=C)c1cc(Br)ccc1/C=C/C(=O)O. The first-order valence-corrected chi connectivity index (χ1v) is 6.55. The molecule has 1 rings (SSSR count). The third-order valence-electron chi connectivity index (χ3n) is 2.44. The molecule has 0 aromatic heterocycles. The summed E-state index contributed by atoms with van der Waals surface area (Å²) in [6.07, 6.45) is 6.32. The van der Waals surface area contributed by atoms with E-state index in [1.807, 2.05) is 18.2 Å². The van der Waals surface area contributed by atoms with Gasteiger partial charge < -0.3 is 10.0 Å². The molecular weight excluding hydrogens is 306 g/mol. The van der Waals surface area contributed by atoms with Crippen molar-refractivity contribution in [1.82, 2.24) is 0 Å². The summed E-state index contributed by atoms with van der Waals surface area (Å²) in [5.41, 5.74) is 1.78. The maximum Gasteiger partial charge on any atom is 0.328 e. The lowest BCUT2D eigenvalue weighted by Gasteiger charge is -2.24. The number of carboxylic acids is 1. The molecule has 0 saturated heterocycles. The number of hydrogen-bond donors (Lipinski definition) is 1. The van der Waals surface area contributed by atoms with Crippen molar-refractivity contribution in [3.05, 3.63) is 59.6 Å². The Hall–Kier alpha value is -1.81. The second-order valence-electron chi connectivity index (χ2n) is 3.86. The maximum absolute atomic E-state index is 10.6. The molecule has 0 fully saturated rings. The highest BCUT2D eigenvalue weighted by molar-refractivity contribution is 9.10. The standard InChI is InChI=1S/C15H16BrNO2/c1-3-9-17(10-4-2)14-11-13(16)7-5-12(14)6-8-15(18)19/h3-8,11H,1-2,9-10H2,(H,18,19)/b8-6+. The van der Waals surface area contributed by atoms with Crippen LogP contribution in [0.15, 0.2) is 54.1 Å². The van der Waals surface area contributed by atoms with Gasteiger partial charge in [-0.2, -0.15) is 0 Å². The average Bonchev–Trinajstić information content (AvgIpc) is 2.37. The van der Waals surface area contributed by atoms with E-state index in [1.54, 1.807) is 18.2 Å². The highest BCUT2D eigenvalue weighted by Gasteiger charge is 2.08. The fraction of sp³-hybridized carbons (Fsp3) is 0.133. The Morgan fingerprint density at radius 3 is 2.47 bits per heavy atom. The van der Waals surface area contributed by atoms with Crippen LogP contribution >= 0.6 is 15.9 Å². The van der Waals surface area contributed by atoms with Gasteiger partial charge in [-0.25, -0.2) is 4.79 Å². The van der Waals surface area contributed by atoms with E-state index in [4.69, 9.17) is 5.11 Å².